The number of nitrogens with one attached hydrogen (secondary N) is 1. The smallest absolute Gasteiger partial charge is 0.229 e. The Morgan fingerprint density at radius 1 is 1.32 bits per heavy atom. The van der Waals surface area contributed by atoms with Gasteiger partial charge in [0.2, 0.25) is 5.71 Å². The fourth-order valence-corrected chi connectivity index (χ4v) is 2.27. The number of azide groups is 1. The largest absolute Gasteiger partial charge is 0.434 e. The molecule has 7 heteroatoms. The van der Waals surface area contributed by atoms with E-state index >= 15 is 0 Å². The van der Waals surface area contributed by atoms with E-state index < -0.39 is 0 Å². The summed E-state index contributed by atoms with van der Waals surface area (Å²) >= 11 is 0. The quantitative estimate of drug-likeness (QED) is 0.315. The first-order valence-electron chi connectivity index (χ1n) is 5.57. The minimum Gasteiger partial charge on any atom is -0.434 e. The van der Waals surface area contributed by atoms with Gasteiger partial charge in [-0.05, 0) is 16.0 Å². The summed E-state index contributed by atoms with van der Waals surface area (Å²) in [5.74, 6) is 0.296. The van der Waals surface area contributed by atoms with Crippen LogP contribution < -0.4 is 0 Å². The molecule has 3 heterocycles. The molecular weight excluding hydrogens is 244 g/mol. The molecule has 1 aromatic carbocycles. The lowest BCUT2D eigenvalue weighted by atomic mass is 10.2. The zero-order valence-corrected chi connectivity index (χ0v) is 9.53. The van der Waals surface area contributed by atoms with Gasteiger partial charge in [0.1, 0.15) is 11.3 Å². The van der Waals surface area contributed by atoms with Crippen molar-refractivity contribution in [1.82, 2.24) is 15.0 Å². The van der Waals surface area contributed by atoms with Crippen LogP contribution in [0.3, 0.4) is 0 Å². The molecule has 4 rings (SSSR count). The van der Waals surface area contributed by atoms with Crippen LogP contribution in [0.15, 0.2) is 40.3 Å². The minimum absolute atomic E-state index is 0.296. The van der Waals surface area contributed by atoms with Gasteiger partial charge in [0, 0.05) is 16.5 Å². The third-order valence-electron chi connectivity index (χ3n) is 3.06. The molecule has 0 aliphatic carbocycles. The van der Waals surface area contributed by atoms with E-state index in [2.05, 4.69) is 25.0 Å². The summed E-state index contributed by atoms with van der Waals surface area (Å²) in [4.78, 5) is 14.1. The van der Waals surface area contributed by atoms with Crippen LogP contribution in [0.5, 0.6) is 0 Å². The normalized spacial score (nSPS) is 11.2. The van der Waals surface area contributed by atoms with Gasteiger partial charge in [-0.1, -0.05) is 18.2 Å². The number of furan rings is 1. The van der Waals surface area contributed by atoms with Gasteiger partial charge in [-0.15, -0.1) is 0 Å². The van der Waals surface area contributed by atoms with E-state index in [9.17, 15) is 0 Å². The zero-order valence-electron chi connectivity index (χ0n) is 9.53. The average Bonchev–Trinajstić information content (AvgIpc) is 3.02. The number of fused-ring (bicyclic) bond motifs is 5. The van der Waals surface area contributed by atoms with Crippen LogP contribution >= 0.6 is 0 Å². The molecule has 0 atom stereocenters. The lowest BCUT2D eigenvalue weighted by molar-refractivity contribution is 0.652. The molecule has 0 saturated heterocycles. The SMILES string of the molecule is [N-]=[N+]=Nc1[nH]cnc2c1oc1ncc3cccc3c12. The summed E-state index contributed by atoms with van der Waals surface area (Å²) in [6, 6.07) is 5.91. The highest BCUT2D eigenvalue weighted by Crippen LogP contribution is 2.35. The predicted octanol–water partition coefficient (Wildman–Crippen LogP) is 3.80. The Morgan fingerprint density at radius 2 is 2.26 bits per heavy atom. The van der Waals surface area contributed by atoms with Gasteiger partial charge in [0.25, 0.3) is 0 Å². The van der Waals surface area contributed by atoms with E-state index in [1.807, 2.05) is 18.2 Å². The Labute approximate surface area is 105 Å². The van der Waals surface area contributed by atoms with Crippen LogP contribution in [0.25, 0.3) is 43.4 Å². The molecule has 90 valence electrons. The number of nitrogens with zero attached hydrogens (tertiary/aromatic N) is 5. The number of rotatable bonds is 1. The zero-order chi connectivity index (χ0) is 12.8. The Morgan fingerprint density at radius 3 is 3.16 bits per heavy atom. The van der Waals surface area contributed by atoms with Crippen LogP contribution in [0, 0.1) is 0 Å². The topological polar surface area (TPSA) is 103 Å². The monoisotopic (exact) mass is 250 g/mol. The second kappa shape index (κ2) is 3.47. The highest BCUT2D eigenvalue weighted by molar-refractivity contribution is 6.17. The fourth-order valence-electron chi connectivity index (χ4n) is 2.27. The third kappa shape index (κ3) is 1.24. The van der Waals surface area contributed by atoms with Crippen molar-refractivity contribution >= 4 is 38.8 Å². The first-order valence-corrected chi connectivity index (χ1v) is 5.57. The van der Waals surface area contributed by atoms with E-state index in [-0.39, 0.29) is 0 Å². The molecule has 0 amide bonds. The van der Waals surface area contributed by atoms with Gasteiger partial charge in [-0.3, -0.25) is 0 Å². The molecule has 0 fully saturated rings. The van der Waals surface area contributed by atoms with Crippen molar-refractivity contribution in [3.05, 3.63) is 41.2 Å². The van der Waals surface area contributed by atoms with E-state index in [4.69, 9.17) is 9.95 Å². The maximum Gasteiger partial charge on any atom is 0.229 e. The maximum absolute atomic E-state index is 8.55. The Hall–Kier alpha value is -3.05. The summed E-state index contributed by atoms with van der Waals surface area (Å²) in [6.07, 6.45) is 3.22. The molecule has 0 radical (unpaired) electrons. The molecule has 0 unspecified atom stereocenters. The minimum atomic E-state index is 0.296. The van der Waals surface area contributed by atoms with Gasteiger partial charge in [-0.2, -0.15) is 0 Å². The van der Waals surface area contributed by atoms with Crippen LogP contribution in [-0.4, -0.2) is 15.0 Å². The Kier molecular flexibility index (Phi) is 1.81. The van der Waals surface area contributed by atoms with Crippen molar-refractivity contribution in [2.45, 2.75) is 0 Å². The molecule has 3 aromatic heterocycles. The fraction of sp³-hybridized carbons (Fsp3) is 0. The third-order valence-corrected chi connectivity index (χ3v) is 3.06. The van der Waals surface area contributed by atoms with Crippen molar-refractivity contribution < 1.29 is 4.42 Å². The highest BCUT2D eigenvalue weighted by Gasteiger charge is 2.15. The molecule has 19 heavy (non-hydrogen) atoms. The summed E-state index contributed by atoms with van der Waals surface area (Å²) < 4.78 is 5.64. The predicted molar refractivity (Wildman–Crippen MR) is 70.0 cm³/mol. The number of pyridine rings is 1. The van der Waals surface area contributed by atoms with Gasteiger partial charge in [0.05, 0.1) is 11.7 Å². The first-order chi connectivity index (χ1) is 9.38. The van der Waals surface area contributed by atoms with Gasteiger partial charge < -0.3 is 9.40 Å². The summed E-state index contributed by atoms with van der Waals surface area (Å²) in [7, 11) is 0. The molecular formula is C12H6N6O. The average molecular weight is 250 g/mol. The van der Waals surface area contributed by atoms with Crippen molar-refractivity contribution in [3.63, 3.8) is 0 Å². The van der Waals surface area contributed by atoms with Crippen molar-refractivity contribution in [2.24, 2.45) is 5.11 Å². The standard InChI is InChI=1S/C12H6N6O/c13-18-17-11-10-9(15-5-16-11)8-7-3-1-2-6(7)4-14-12(8)19-10/h1-5H,(H,15,16). The van der Waals surface area contributed by atoms with E-state index in [1.165, 1.54) is 6.33 Å². The van der Waals surface area contributed by atoms with Crippen molar-refractivity contribution in [3.8, 4) is 0 Å². The molecule has 0 aliphatic rings. The lowest BCUT2D eigenvalue weighted by Gasteiger charge is -1.93. The van der Waals surface area contributed by atoms with E-state index in [0.29, 0.717) is 22.6 Å². The molecule has 1 N–H and O–H groups in total. The van der Waals surface area contributed by atoms with Crippen molar-refractivity contribution in [2.75, 3.05) is 0 Å². The van der Waals surface area contributed by atoms with E-state index in [0.717, 1.165) is 16.2 Å². The maximum atomic E-state index is 8.55. The van der Waals surface area contributed by atoms with E-state index in [1.54, 1.807) is 6.20 Å². The molecule has 0 saturated carbocycles. The highest BCUT2D eigenvalue weighted by atomic mass is 16.3. The number of aromatic amines is 1. The number of H-pyrrole nitrogens is 1. The summed E-state index contributed by atoms with van der Waals surface area (Å²) in [6.45, 7) is 0. The van der Waals surface area contributed by atoms with Crippen molar-refractivity contribution in [1.29, 1.82) is 0 Å². The van der Waals surface area contributed by atoms with Gasteiger partial charge in [0.15, 0.2) is 5.58 Å². The summed E-state index contributed by atoms with van der Waals surface area (Å²) in [5, 5.41) is 6.44. The Bertz CT molecular complexity index is 976. The summed E-state index contributed by atoms with van der Waals surface area (Å²) in [5.41, 5.74) is 10.1. The van der Waals surface area contributed by atoms with Crippen LogP contribution in [0.2, 0.25) is 0 Å². The second-order valence-corrected chi connectivity index (χ2v) is 4.05. The Balaban J connectivity index is 2.30. The second-order valence-electron chi connectivity index (χ2n) is 4.05. The van der Waals surface area contributed by atoms with Gasteiger partial charge >= 0.3 is 0 Å². The number of hydrogen-bond acceptors (Lipinski definition) is 4. The molecule has 0 aliphatic heterocycles. The number of aromatic nitrogens is 3. The molecule has 4 aromatic rings. The molecule has 0 spiro atoms. The van der Waals surface area contributed by atoms with Crippen LogP contribution in [0.1, 0.15) is 0 Å². The van der Waals surface area contributed by atoms with Crippen LogP contribution in [-0.2, 0) is 0 Å². The van der Waals surface area contributed by atoms with Gasteiger partial charge in [-0.25, -0.2) is 9.97 Å². The number of hydrogen-bond donors (Lipinski definition) is 1. The molecule has 7 nitrogen and oxygen atoms in total. The van der Waals surface area contributed by atoms with Crippen LogP contribution in [0.4, 0.5) is 5.82 Å². The molecule has 0 bridgehead atoms. The first kappa shape index (κ1) is 9.93. The lowest BCUT2D eigenvalue weighted by Crippen LogP contribution is -1.79.